The van der Waals surface area contributed by atoms with Gasteiger partial charge in [0.25, 0.3) is 5.91 Å². The molecule has 0 saturated carbocycles. The van der Waals surface area contributed by atoms with Crippen molar-refractivity contribution in [2.24, 2.45) is 0 Å². The SMILES string of the molecule is CCc1ccc(C=C2SC(=S)N(CCCC(=O)N(CCO)C(C)(C)C)C2=O)cc1. The number of hydrogen-bond donors (Lipinski definition) is 1. The highest BCUT2D eigenvalue weighted by Gasteiger charge is 2.32. The molecule has 2 amide bonds. The van der Waals surface area contributed by atoms with Gasteiger partial charge in [-0.2, -0.15) is 0 Å². The molecule has 7 heteroatoms. The van der Waals surface area contributed by atoms with E-state index in [2.05, 4.69) is 19.1 Å². The van der Waals surface area contributed by atoms with Crippen molar-refractivity contribution in [2.75, 3.05) is 19.7 Å². The van der Waals surface area contributed by atoms with Crippen LogP contribution in [0.1, 0.15) is 51.7 Å². The van der Waals surface area contributed by atoms with E-state index in [0.717, 1.165) is 12.0 Å². The summed E-state index contributed by atoms with van der Waals surface area (Å²) in [7, 11) is 0. The molecule has 1 N–H and O–H groups in total. The second-order valence-corrected chi connectivity index (χ2v) is 9.65. The van der Waals surface area contributed by atoms with Crippen LogP contribution >= 0.6 is 24.0 Å². The molecule has 1 aromatic carbocycles. The zero-order valence-electron chi connectivity index (χ0n) is 17.6. The number of nitrogens with zero attached hydrogens (tertiary/aromatic N) is 2. The van der Waals surface area contributed by atoms with E-state index < -0.39 is 0 Å². The minimum atomic E-state index is -0.350. The number of aliphatic hydroxyl groups is 1. The van der Waals surface area contributed by atoms with E-state index >= 15 is 0 Å². The Morgan fingerprint density at radius 2 is 1.93 bits per heavy atom. The minimum Gasteiger partial charge on any atom is -0.395 e. The van der Waals surface area contributed by atoms with Crippen LogP contribution in [0.15, 0.2) is 29.2 Å². The normalized spacial score (nSPS) is 16.0. The smallest absolute Gasteiger partial charge is 0.266 e. The van der Waals surface area contributed by atoms with Crippen LogP contribution in [-0.4, -0.2) is 56.3 Å². The van der Waals surface area contributed by atoms with Crippen LogP contribution in [0.2, 0.25) is 0 Å². The van der Waals surface area contributed by atoms with Crippen molar-refractivity contribution in [1.82, 2.24) is 9.80 Å². The average Bonchev–Trinajstić information content (AvgIpc) is 2.93. The van der Waals surface area contributed by atoms with Gasteiger partial charge in [0.2, 0.25) is 5.91 Å². The van der Waals surface area contributed by atoms with Crippen molar-refractivity contribution < 1.29 is 14.7 Å². The topological polar surface area (TPSA) is 60.9 Å². The highest BCUT2D eigenvalue weighted by atomic mass is 32.2. The standard InChI is InChI=1S/C22H30N2O3S2/c1-5-16-8-10-17(11-9-16)15-18-20(27)23(21(28)29-18)12-6-7-19(26)24(13-14-25)22(2,3)4/h8-11,15,25H,5-7,12-14H2,1-4H3. The molecular weight excluding hydrogens is 404 g/mol. The first kappa shape index (κ1) is 23.6. The van der Waals surface area contributed by atoms with Gasteiger partial charge in [0.15, 0.2) is 0 Å². The Balaban J connectivity index is 1.96. The molecule has 0 aliphatic carbocycles. The van der Waals surface area contributed by atoms with E-state index in [-0.39, 0.29) is 24.0 Å². The molecule has 158 valence electrons. The summed E-state index contributed by atoms with van der Waals surface area (Å²) in [6.07, 6.45) is 3.69. The predicted molar refractivity (Wildman–Crippen MR) is 123 cm³/mol. The molecule has 1 aliphatic rings. The molecule has 0 aromatic heterocycles. The predicted octanol–water partition coefficient (Wildman–Crippen LogP) is 3.85. The monoisotopic (exact) mass is 434 g/mol. The number of thioether (sulfide) groups is 1. The maximum Gasteiger partial charge on any atom is 0.266 e. The van der Waals surface area contributed by atoms with Gasteiger partial charge in [0, 0.05) is 25.0 Å². The van der Waals surface area contributed by atoms with Gasteiger partial charge in [-0.15, -0.1) is 0 Å². The van der Waals surface area contributed by atoms with Crippen molar-refractivity contribution in [3.05, 3.63) is 40.3 Å². The van der Waals surface area contributed by atoms with Crippen molar-refractivity contribution in [2.45, 2.75) is 52.5 Å². The van der Waals surface area contributed by atoms with Gasteiger partial charge in [-0.3, -0.25) is 14.5 Å². The van der Waals surface area contributed by atoms with Crippen LogP contribution in [0.3, 0.4) is 0 Å². The fraction of sp³-hybridized carbons (Fsp3) is 0.500. The van der Waals surface area contributed by atoms with E-state index in [1.54, 1.807) is 9.80 Å². The van der Waals surface area contributed by atoms with Gasteiger partial charge in [0.05, 0.1) is 11.5 Å². The molecule has 5 nitrogen and oxygen atoms in total. The lowest BCUT2D eigenvalue weighted by Gasteiger charge is -2.35. The van der Waals surface area contributed by atoms with Crippen molar-refractivity contribution in [3.8, 4) is 0 Å². The van der Waals surface area contributed by atoms with Gasteiger partial charge in [-0.1, -0.05) is 55.2 Å². The second kappa shape index (κ2) is 10.4. The van der Waals surface area contributed by atoms with E-state index in [1.807, 2.05) is 39.0 Å². The first-order valence-electron chi connectivity index (χ1n) is 9.93. The number of rotatable bonds is 8. The van der Waals surface area contributed by atoms with Crippen LogP contribution in [-0.2, 0) is 16.0 Å². The molecule has 0 radical (unpaired) electrons. The third-order valence-electron chi connectivity index (χ3n) is 4.77. The fourth-order valence-electron chi connectivity index (χ4n) is 3.15. The summed E-state index contributed by atoms with van der Waals surface area (Å²) >= 11 is 6.69. The third kappa shape index (κ3) is 6.39. The molecule has 0 spiro atoms. The van der Waals surface area contributed by atoms with E-state index in [9.17, 15) is 14.7 Å². The molecule has 1 fully saturated rings. The quantitative estimate of drug-likeness (QED) is 0.497. The summed E-state index contributed by atoms with van der Waals surface area (Å²) in [4.78, 5) is 29.1. The van der Waals surface area contributed by atoms with E-state index in [0.29, 0.717) is 35.2 Å². The zero-order valence-corrected chi connectivity index (χ0v) is 19.2. The minimum absolute atomic E-state index is 0.0245. The Morgan fingerprint density at radius 3 is 2.48 bits per heavy atom. The molecule has 0 bridgehead atoms. The van der Waals surface area contributed by atoms with Gasteiger partial charge < -0.3 is 10.0 Å². The van der Waals surface area contributed by atoms with Crippen LogP contribution < -0.4 is 0 Å². The number of amides is 2. The third-order valence-corrected chi connectivity index (χ3v) is 6.14. The summed E-state index contributed by atoms with van der Waals surface area (Å²) in [6.45, 7) is 8.60. The van der Waals surface area contributed by atoms with E-state index in [4.69, 9.17) is 12.2 Å². The molecular formula is C22H30N2O3S2. The average molecular weight is 435 g/mol. The lowest BCUT2D eigenvalue weighted by molar-refractivity contribution is -0.137. The van der Waals surface area contributed by atoms with Crippen LogP contribution in [0.5, 0.6) is 0 Å². The lowest BCUT2D eigenvalue weighted by Crippen LogP contribution is -2.47. The van der Waals surface area contributed by atoms with Crippen LogP contribution in [0.4, 0.5) is 0 Å². The molecule has 1 saturated heterocycles. The Morgan fingerprint density at radius 1 is 1.28 bits per heavy atom. The van der Waals surface area contributed by atoms with E-state index in [1.165, 1.54) is 17.3 Å². The molecule has 0 atom stereocenters. The van der Waals surface area contributed by atoms with Crippen LogP contribution in [0.25, 0.3) is 6.08 Å². The largest absolute Gasteiger partial charge is 0.395 e. The van der Waals surface area contributed by atoms with Gasteiger partial charge >= 0.3 is 0 Å². The second-order valence-electron chi connectivity index (χ2n) is 7.97. The highest BCUT2D eigenvalue weighted by molar-refractivity contribution is 8.26. The van der Waals surface area contributed by atoms with Crippen molar-refractivity contribution >= 4 is 46.2 Å². The lowest BCUT2D eigenvalue weighted by atomic mass is 10.0. The van der Waals surface area contributed by atoms with Gasteiger partial charge in [-0.25, -0.2) is 0 Å². The molecule has 1 aliphatic heterocycles. The summed E-state index contributed by atoms with van der Waals surface area (Å²) in [6, 6.07) is 8.13. The first-order chi connectivity index (χ1) is 13.7. The molecule has 0 unspecified atom stereocenters. The number of carbonyl (C=O) groups excluding carboxylic acids is 2. The number of carbonyl (C=O) groups is 2. The molecule has 1 heterocycles. The Labute approximate surface area is 183 Å². The highest BCUT2D eigenvalue weighted by Crippen LogP contribution is 2.32. The first-order valence-corrected chi connectivity index (χ1v) is 11.2. The Hall–Kier alpha value is -1.70. The van der Waals surface area contributed by atoms with Crippen molar-refractivity contribution in [3.63, 3.8) is 0 Å². The number of thiocarbonyl (C=S) groups is 1. The maximum absolute atomic E-state index is 12.7. The Kier molecular flexibility index (Phi) is 8.43. The van der Waals surface area contributed by atoms with Crippen molar-refractivity contribution in [1.29, 1.82) is 0 Å². The summed E-state index contributed by atoms with van der Waals surface area (Å²) < 4.78 is 0.530. The number of aliphatic hydroxyl groups excluding tert-OH is 1. The number of aryl methyl sites for hydroxylation is 1. The molecule has 29 heavy (non-hydrogen) atoms. The summed E-state index contributed by atoms with van der Waals surface area (Å²) in [5, 5.41) is 9.22. The fourth-order valence-corrected chi connectivity index (χ4v) is 4.46. The number of benzene rings is 1. The maximum atomic E-state index is 12.7. The number of β-amino-alcohol motifs (C(OH)–C–C–N with tert-alkyl or cyclic N) is 1. The van der Waals surface area contributed by atoms with Gasteiger partial charge in [-0.05, 0) is 50.8 Å². The Bertz CT molecular complexity index is 782. The summed E-state index contributed by atoms with van der Waals surface area (Å²) in [5.41, 5.74) is 1.88. The summed E-state index contributed by atoms with van der Waals surface area (Å²) in [5.74, 6) is -0.126. The van der Waals surface area contributed by atoms with Crippen LogP contribution in [0, 0.1) is 0 Å². The number of hydrogen-bond acceptors (Lipinski definition) is 5. The van der Waals surface area contributed by atoms with Gasteiger partial charge in [0.1, 0.15) is 4.32 Å². The molecule has 1 aromatic rings. The zero-order chi connectivity index (χ0) is 21.6. The molecule has 2 rings (SSSR count).